The maximum atomic E-state index is 11.2. The van der Waals surface area contributed by atoms with Gasteiger partial charge in [-0.1, -0.05) is 18.2 Å². The van der Waals surface area contributed by atoms with Crippen LogP contribution in [0.4, 0.5) is 17.1 Å². The Kier molecular flexibility index (Phi) is 3.42. The van der Waals surface area contributed by atoms with Crippen molar-refractivity contribution in [2.45, 2.75) is 13.8 Å². The zero-order valence-corrected chi connectivity index (χ0v) is 11.0. The summed E-state index contributed by atoms with van der Waals surface area (Å²) < 4.78 is 0. The number of primary amides is 1. The van der Waals surface area contributed by atoms with E-state index in [9.17, 15) is 4.79 Å². The molecular formula is C15H17N3O. The molecule has 0 aromatic heterocycles. The molecule has 0 aliphatic heterocycles. The van der Waals surface area contributed by atoms with Gasteiger partial charge in [0.25, 0.3) is 0 Å². The summed E-state index contributed by atoms with van der Waals surface area (Å²) in [4.78, 5) is 11.2. The molecule has 0 saturated heterocycles. The van der Waals surface area contributed by atoms with Crippen molar-refractivity contribution in [3.05, 3.63) is 53.1 Å². The van der Waals surface area contributed by atoms with Crippen LogP contribution in [0.25, 0.3) is 0 Å². The van der Waals surface area contributed by atoms with Crippen LogP contribution in [-0.4, -0.2) is 5.91 Å². The molecule has 19 heavy (non-hydrogen) atoms. The van der Waals surface area contributed by atoms with Crippen molar-refractivity contribution in [3.63, 3.8) is 0 Å². The molecule has 2 aromatic rings. The Balaban J connectivity index is 2.43. The lowest BCUT2D eigenvalue weighted by molar-refractivity contribution is 0.100. The van der Waals surface area contributed by atoms with Crippen LogP contribution in [-0.2, 0) is 0 Å². The maximum absolute atomic E-state index is 11.2. The Morgan fingerprint density at radius 3 is 2.32 bits per heavy atom. The smallest absolute Gasteiger partial charge is 0.248 e. The number of para-hydroxylation sites is 1. The third-order valence-electron chi connectivity index (χ3n) is 3.08. The van der Waals surface area contributed by atoms with Gasteiger partial charge in [-0.15, -0.1) is 0 Å². The minimum Gasteiger partial charge on any atom is -0.397 e. The van der Waals surface area contributed by atoms with Gasteiger partial charge in [-0.05, 0) is 43.2 Å². The van der Waals surface area contributed by atoms with Crippen molar-refractivity contribution in [1.82, 2.24) is 0 Å². The molecule has 0 atom stereocenters. The second-order valence-electron chi connectivity index (χ2n) is 4.56. The van der Waals surface area contributed by atoms with Crippen LogP contribution < -0.4 is 16.8 Å². The number of amides is 1. The Bertz CT molecular complexity index is 615. The number of nitrogen functional groups attached to an aromatic ring is 1. The quantitative estimate of drug-likeness (QED) is 0.737. The van der Waals surface area contributed by atoms with E-state index in [1.54, 1.807) is 18.2 Å². The minimum atomic E-state index is -0.468. The summed E-state index contributed by atoms with van der Waals surface area (Å²) in [5, 5.41) is 3.27. The fraction of sp³-hybridized carbons (Fsp3) is 0.133. The Morgan fingerprint density at radius 1 is 1.11 bits per heavy atom. The molecule has 0 heterocycles. The van der Waals surface area contributed by atoms with Gasteiger partial charge >= 0.3 is 0 Å². The molecule has 2 aromatic carbocycles. The van der Waals surface area contributed by atoms with Crippen LogP contribution in [0.15, 0.2) is 36.4 Å². The number of anilines is 3. The first-order chi connectivity index (χ1) is 8.99. The van der Waals surface area contributed by atoms with Crippen molar-refractivity contribution in [2.24, 2.45) is 5.73 Å². The van der Waals surface area contributed by atoms with E-state index in [-0.39, 0.29) is 0 Å². The predicted octanol–water partition coefficient (Wildman–Crippen LogP) is 2.73. The van der Waals surface area contributed by atoms with E-state index in [4.69, 9.17) is 11.5 Å². The van der Waals surface area contributed by atoms with Crippen LogP contribution in [0.5, 0.6) is 0 Å². The van der Waals surface area contributed by atoms with E-state index < -0.39 is 5.91 Å². The third-order valence-corrected chi connectivity index (χ3v) is 3.08. The summed E-state index contributed by atoms with van der Waals surface area (Å²) in [6.07, 6.45) is 0. The maximum Gasteiger partial charge on any atom is 0.248 e. The lowest BCUT2D eigenvalue weighted by atomic mass is 10.1. The highest BCUT2D eigenvalue weighted by molar-refractivity contribution is 5.95. The molecule has 4 heteroatoms. The molecular weight excluding hydrogens is 238 g/mol. The molecule has 0 fully saturated rings. The normalized spacial score (nSPS) is 10.2. The first-order valence-corrected chi connectivity index (χ1v) is 6.01. The molecule has 0 radical (unpaired) electrons. The monoisotopic (exact) mass is 255 g/mol. The molecule has 0 unspecified atom stereocenters. The number of nitrogens with two attached hydrogens (primary N) is 2. The lowest BCUT2D eigenvalue weighted by Gasteiger charge is -2.15. The fourth-order valence-corrected chi connectivity index (χ4v) is 1.96. The van der Waals surface area contributed by atoms with Gasteiger partial charge in [-0.25, -0.2) is 0 Å². The zero-order valence-electron chi connectivity index (χ0n) is 11.0. The van der Waals surface area contributed by atoms with Gasteiger partial charge < -0.3 is 16.8 Å². The Labute approximate surface area is 112 Å². The minimum absolute atomic E-state index is 0.433. The van der Waals surface area contributed by atoms with Crippen LogP contribution >= 0.6 is 0 Å². The number of hydrogen-bond acceptors (Lipinski definition) is 3. The van der Waals surface area contributed by atoms with Gasteiger partial charge in [0, 0.05) is 11.3 Å². The fourth-order valence-electron chi connectivity index (χ4n) is 1.96. The molecule has 0 spiro atoms. The summed E-state index contributed by atoms with van der Waals surface area (Å²) in [6.45, 7) is 4.03. The number of carbonyl (C=O) groups is 1. The molecule has 98 valence electrons. The van der Waals surface area contributed by atoms with Crippen LogP contribution in [0, 0.1) is 13.8 Å². The molecule has 1 amide bonds. The molecule has 0 aliphatic rings. The topological polar surface area (TPSA) is 81.1 Å². The number of hydrogen-bond donors (Lipinski definition) is 3. The summed E-state index contributed by atoms with van der Waals surface area (Å²) in [6, 6.07) is 11.0. The highest BCUT2D eigenvalue weighted by Gasteiger charge is 2.08. The van der Waals surface area contributed by atoms with E-state index in [2.05, 4.69) is 5.32 Å². The van der Waals surface area contributed by atoms with Gasteiger partial charge in [0.15, 0.2) is 0 Å². The zero-order chi connectivity index (χ0) is 14.0. The SMILES string of the molecule is Cc1cccc(C)c1Nc1cc(C(N)=O)ccc1N. The first-order valence-electron chi connectivity index (χ1n) is 6.01. The summed E-state index contributed by atoms with van der Waals surface area (Å²) in [5.41, 5.74) is 16.1. The largest absolute Gasteiger partial charge is 0.397 e. The van der Waals surface area contributed by atoms with Crippen LogP contribution in [0.2, 0.25) is 0 Å². The van der Waals surface area contributed by atoms with Gasteiger partial charge in [0.2, 0.25) is 5.91 Å². The van der Waals surface area contributed by atoms with E-state index in [0.29, 0.717) is 16.9 Å². The van der Waals surface area contributed by atoms with Gasteiger partial charge in [0.05, 0.1) is 11.4 Å². The third kappa shape index (κ3) is 2.68. The number of benzene rings is 2. The Hall–Kier alpha value is -2.49. The number of carbonyl (C=O) groups excluding carboxylic acids is 1. The van der Waals surface area contributed by atoms with Crippen LogP contribution in [0.3, 0.4) is 0 Å². The second-order valence-corrected chi connectivity index (χ2v) is 4.56. The Morgan fingerprint density at radius 2 is 1.74 bits per heavy atom. The summed E-state index contributed by atoms with van der Waals surface area (Å²) in [5.74, 6) is -0.468. The molecule has 0 aliphatic carbocycles. The average molecular weight is 255 g/mol. The van der Waals surface area contributed by atoms with E-state index in [1.165, 1.54) is 0 Å². The first kappa shape index (κ1) is 13.0. The summed E-state index contributed by atoms with van der Waals surface area (Å²) in [7, 11) is 0. The molecule has 0 saturated carbocycles. The predicted molar refractivity (Wildman–Crippen MR) is 78.6 cm³/mol. The molecule has 4 nitrogen and oxygen atoms in total. The van der Waals surface area contributed by atoms with Crippen LogP contribution in [0.1, 0.15) is 21.5 Å². The number of aryl methyl sites for hydroxylation is 2. The van der Waals surface area contributed by atoms with Crippen molar-refractivity contribution in [2.75, 3.05) is 11.1 Å². The molecule has 0 bridgehead atoms. The number of nitrogens with one attached hydrogen (secondary N) is 1. The van der Waals surface area contributed by atoms with Crippen molar-refractivity contribution in [1.29, 1.82) is 0 Å². The standard InChI is InChI=1S/C15H17N3O/c1-9-4-3-5-10(2)14(9)18-13-8-11(15(17)19)6-7-12(13)16/h3-8,18H,16H2,1-2H3,(H2,17,19). The highest BCUT2D eigenvalue weighted by atomic mass is 16.1. The van der Waals surface area contributed by atoms with Gasteiger partial charge in [0.1, 0.15) is 0 Å². The van der Waals surface area contributed by atoms with E-state index >= 15 is 0 Å². The van der Waals surface area contributed by atoms with Gasteiger partial charge in [-0.2, -0.15) is 0 Å². The van der Waals surface area contributed by atoms with E-state index in [0.717, 1.165) is 16.8 Å². The highest BCUT2D eigenvalue weighted by Crippen LogP contribution is 2.28. The lowest BCUT2D eigenvalue weighted by Crippen LogP contribution is -2.11. The van der Waals surface area contributed by atoms with Gasteiger partial charge in [-0.3, -0.25) is 4.79 Å². The average Bonchev–Trinajstić information content (AvgIpc) is 2.35. The van der Waals surface area contributed by atoms with Crippen molar-refractivity contribution in [3.8, 4) is 0 Å². The van der Waals surface area contributed by atoms with E-state index in [1.807, 2.05) is 32.0 Å². The second kappa shape index (κ2) is 5.02. The summed E-state index contributed by atoms with van der Waals surface area (Å²) >= 11 is 0. The van der Waals surface area contributed by atoms with Crippen molar-refractivity contribution < 1.29 is 4.79 Å². The molecule has 2 rings (SSSR count). The number of rotatable bonds is 3. The molecule has 5 N–H and O–H groups in total. The van der Waals surface area contributed by atoms with Crippen molar-refractivity contribution >= 4 is 23.0 Å².